The first-order chi connectivity index (χ1) is 27.0. The minimum Gasteiger partial charge on any atom is -0.394 e. The standard InChI is InChI=1S/C43H81NO11S/c1-3-5-7-9-11-13-15-17-18-19-21-22-24-26-28-30-32-37(46)36(35-53-43-41(49)42(55-56(50,51)52)40(48)38(34-45)54-43)44-39(47)33-31-29-27-25-23-20-16-14-12-10-8-6-4-2/h20,23,27,29,36-38,40-43,45-46,48-49H,3-19,21-22,24-26,28,30-35H2,1-2H3,(H,44,47)(H,50,51,52)/b23-20-,29-27-. The Hall–Kier alpha value is -1.42. The number of nitrogens with one attached hydrogen (secondary N) is 1. The van der Waals surface area contributed by atoms with Crippen LogP contribution in [0.1, 0.15) is 187 Å². The van der Waals surface area contributed by atoms with Crippen LogP contribution in [0, 0.1) is 0 Å². The highest BCUT2D eigenvalue weighted by atomic mass is 32.3. The zero-order valence-corrected chi connectivity index (χ0v) is 35.8. The summed E-state index contributed by atoms with van der Waals surface area (Å²) in [6.45, 7) is 3.39. The van der Waals surface area contributed by atoms with Gasteiger partial charge in [-0.2, -0.15) is 8.42 Å². The molecule has 1 aliphatic heterocycles. The molecule has 0 bridgehead atoms. The maximum Gasteiger partial charge on any atom is 0.397 e. The van der Waals surface area contributed by atoms with Gasteiger partial charge in [0.1, 0.15) is 24.4 Å². The molecule has 1 heterocycles. The van der Waals surface area contributed by atoms with Gasteiger partial charge in [-0.25, -0.2) is 4.18 Å². The third-order valence-electron chi connectivity index (χ3n) is 10.5. The summed E-state index contributed by atoms with van der Waals surface area (Å²) in [4.78, 5) is 13.0. The van der Waals surface area contributed by atoms with Crippen molar-refractivity contribution < 1.29 is 51.8 Å². The van der Waals surface area contributed by atoms with Crippen molar-refractivity contribution in [1.82, 2.24) is 5.32 Å². The fraction of sp³-hybridized carbons (Fsp3) is 0.884. The lowest BCUT2D eigenvalue weighted by Gasteiger charge is -2.41. The maximum atomic E-state index is 13.0. The summed E-state index contributed by atoms with van der Waals surface area (Å²) in [5.74, 6) is -0.297. The second-order valence-electron chi connectivity index (χ2n) is 15.6. The van der Waals surface area contributed by atoms with E-state index < -0.39 is 59.9 Å². The van der Waals surface area contributed by atoms with E-state index in [0.717, 1.165) is 38.5 Å². The van der Waals surface area contributed by atoms with Crippen molar-refractivity contribution in [3.63, 3.8) is 0 Å². The number of rotatable bonds is 37. The Labute approximate surface area is 340 Å². The molecule has 56 heavy (non-hydrogen) atoms. The Morgan fingerprint density at radius 3 is 1.70 bits per heavy atom. The molecule has 1 fully saturated rings. The summed E-state index contributed by atoms with van der Waals surface area (Å²) in [7, 11) is -5.08. The number of ether oxygens (including phenoxy) is 2. The molecular formula is C43H81NO11S. The number of amides is 1. The normalized spacial score (nSPS) is 21.6. The van der Waals surface area contributed by atoms with Gasteiger partial charge in [-0.3, -0.25) is 9.35 Å². The predicted molar refractivity (Wildman–Crippen MR) is 222 cm³/mol. The fourth-order valence-corrected chi connectivity index (χ4v) is 7.55. The van der Waals surface area contributed by atoms with Crippen LogP contribution in [0.3, 0.4) is 0 Å². The minimum absolute atomic E-state index is 0.186. The van der Waals surface area contributed by atoms with Crippen molar-refractivity contribution in [3.05, 3.63) is 24.3 Å². The first-order valence-electron chi connectivity index (χ1n) is 22.2. The van der Waals surface area contributed by atoms with Crippen molar-refractivity contribution in [1.29, 1.82) is 0 Å². The summed E-state index contributed by atoms with van der Waals surface area (Å²) in [5.41, 5.74) is 0. The van der Waals surface area contributed by atoms with Crippen LogP contribution in [0.25, 0.3) is 0 Å². The van der Waals surface area contributed by atoms with E-state index in [1.54, 1.807) is 0 Å². The first-order valence-corrected chi connectivity index (χ1v) is 23.6. The second-order valence-corrected chi connectivity index (χ2v) is 16.7. The zero-order valence-electron chi connectivity index (χ0n) is 35.0. The Morgan fingerprint density at radius 2 is 1.20 bits per heavy atom. The van der Waals surface area contributed by atoms with E-state index in [9.17, 15) is 33.6 Å². The molecule has 0 aromatic carbocycles. The van der Waals surface area contributed by atoms with Gasteiger partial charge in [0.25, 0.3) is 0 Å². The molecule has 330 valence electrons. The third-order valence-corrected chi connectivity index (χ3v) is 11.0. The Balaban J connectivity index is 2.56. The maximum absolute atomic E-state index is 13.0. The number of hydrogen-bond donors (Lipinski definition) is 6. The number of carbonyl (C=O) groups is 1. The molecular weight excluding hydrogens is 739 g/mol. The molecule has 0 radical (unpaired) electrons. The molecule has 0 aliphatic carbocycles. The first kappa shape index (κ1) is 52.6. The lowest BCUT2D eigenvalue weighted by molar-refractivity contribution is -0.298. The topological polar surface area (TPSA) is 192 Å². The van der Waals surface area contributed by atoms with Crippen molar-refractivity contribution in [2.45, 2.75) is 230 Å². The molecule has 0 saturated carbocycles. The van der Waals surface area contributed by atoms with Crippen LogP contribution in [-0.2, 0) is 28.9 Å². The molecule has 0 spiro atoms. The van der Waals surface area contributed by atoms with Crippen molar-refractivity contribution in [2.75, 3.05) is 13.2 Å². The zero-order chi connectivity index (χ0) is 41.3. The number of hydrogen-bond acceptors (Lipinski definition) is 10. The van der Waals surface area contributed by atoms with Crippen molar-refractivity contribution in [3.8, 4) is 0 Å². The van der Waals surface area contributed by atoms with E-state index in [4.69, 9.17) is 14.0 Å². The average Bonchev–Trinajstić information content (AvgIpc) is 3.16. The lowest BCUT2D eigenvalue weighted by atomic mass is 9.99. The van der Waals surface area contributed by atoms with Gasteiger partial charge in [-0.1, -0.05) is 173 Å². The van der Waals surface area contributed by atoms with Gasteiger partial charge in [0, 0.05) is 6.42 Å². The van der Waals surface area contributed by atoms with Crippen LogP contribution in [0.4, 0.5) is 0 Å². The highest BCUT2D eigenvalue weighted by Crippen LogP contribution is 2.26. The van der Waals surface area contributed by atoms with Crippen LogP contribution in [0.15, 0.2) is 24.3 Å². The van der Waals surface area contributed by atoms with Crippen LogP contribution in [0.2, 0.25) is 0 Å². The van der Waals surface area contributed by atoms with Crippen molar-refractivity contribution >= 4 is 16.3 Å². The summed E-state index contributed by atoms with van der Waals surface area (Å²) >= 11 is 0. The van der Waals surface area contributed by atoms with Gasteiger partial charge in [0.2, 0.25) is 5.91 Å². The molecule has 1 saturated heterocycles. The number of allylic oxidation sites excluding steroid dienone is 4. The monoisotopic (exact) mass is 820 g/mol. The van der Waals surface area contributed by atoms with E-state index in [2.05, 4.69) is 35.5 Å². The molecule has 1 aliphatic rings. The summed E-state index contributed by atoms with van der Waals surface area (Å²) in [5, 5.41) is 44.7. The van der Waals surface area contributed by atoms with Crippen LogP contribution in [-0.4, -0.2) is 95.4 Å². The largest absolute Gasteiger partial charge is 0.397 e. The molecule has 0 aromatic rings. The third kappa shape index (κ3) is 27.3. The second kappa shape index (κ2) is 34.4. The number of carbonyl (C=O) groups excluding carboxylic acids is 1. The van der Waals surface area contributed by atoms with E-state index in [0.29, 0.717) is 12.8 Å². The van der Waals surface area contributed by atoms with E-state index in [1.807, 2.05) is 12.2 Å². The quantitative estimate of drug-likeness (QED) is 0.0201. The van der Waals surface area contributed by atoms with Crippen LogP contribution < -0.4 is 5.32 Å². The molecule has 6 N–H and O–H groups in total. The molecule has 0 aromatic heterocycles. The molecule has 7 atom stereocenters. The van der Waals surface area contributed by atoms with Gasteiger partial charge < -0.3 is 35.2 Å². The summed E-state index contributed by atoms with van der Waals surface area (Å²) in [6, 6.07) is -0.885. The summed E-state index contributed by atoms with van der Waals surface area (Å²) in [6.07, 6.45) is 29.1. The van der Waals surface area contributed by atoms with Crippen LogP contribution >= 0.6 is 0 Å². The minimum atomic E-state index is -5.08. The fourth-order valence-electron chi connectivity index (χ4n) is 7.04. The Kier molecular flexibility index (Phi) is 32.4. The van der Waals surface area contributed by atoms with Gasteiger partial charge in [-0.05, 0) is 32.1 Å². The van der Waals surface area contributed by atoms with Crippen LogP contribution in [0.5, 0.6) is 0 Å². The highest BCUT2D eigenvalue weighted by Gasteiger charge is 2.48. The number of unbranched alkanes of at least 4 members (excludes halogenated alkanes) is 21. The van der Waals surface area contributed by atoms with Gasteiger partial charge in [0.15, 0.2) is 6.29 Å². The van der Waals surface area contributed by atoms with Crippen molar-refractivity contribution in [2.24, 2.45) is 0 Å². The number of aliphatic hydroxyl groups excluding tert-OH is 4. The Morgan fingerprint density at radius 1 is 0.714 bits per heavy atom. The average molecular weight is 820 g/mol. The molecule has 12 nitrogen and oxygen atoms in total. The smallest absolute Gasteiger partial charge is 0.394 e. The molecule has 1 amide bonds. The highest BCUT2D eigenvalue weighted by molar-refractivity contribution is 7.80. The number of aliphatic hydroxyl groups is 4. The molecule has 13 heteroatoms. The Bertz CT molecular complexity index is 1110. The SMILES string of the molecule is CCCCCCCC/C=C\C/C=C\CCC(=O)NC(COC1OC(CO)C(O)C(OS(=O)(=O)O)C1O)C(O)CCCCCCCCCCCCCCCCCC. The van der Waals surface area contributed by atoms with Gasteiger partial charge >= 0.3 is 10.4 Å². The predicted octanol–water partition coefficient (Wildman–Crippen LogP) is 8.16. The van der Waals surface area contributed by atoms with E-state index in [-0.39, 0.29) is 18.9 Å². The van der Waals surface area contributed by atoms with Gasteiger partial charge in [-0.15, -0.1) is 0 Å². The van der Waals surface area contributed by atoms with E-state index in [1.165, 1.54) is 116 Å². The van der Waals surface area contributed by atoms with E-state index >= 15 is 0 Å². The summed E-state index contributed by atoms with van der Waals surface area (Å²) < 4.78 is 47.5. The lowest BCUT2D eigenvalue weighted by Crippen LogP contribution is -2.61. The van der Waals surface area contributed by atoms with Gasteiger partial charge in [0.05, 0.1) is 25.4 Å². The molecule has 7 unspecified atom stereocenters. The molecule has 1 rings (SSSR count).